The molecule has 19 heavy (non-hydrogen) atoms. The highest BCUT2D eigenvalue weighted by Crippen LogP contribution is 2.29. The van der Waals surface area contributed by atoms with E-state index in [0.29, 0.717) is 21.6 Å². The molecule has 0 aliphatic rings. The maximum Gasteiger partial charge on any atom is 0.238 e. The molecule has 0 aromatic heterocycles. The van der Waals surface area contributed by atoms with Gasteiger partial charge in [0.05, 0.1) is 5.69 Å². The molecule has 0 spiro atoms. The van der Waals surface area contributed by atoms with Crippen LogP contribution >= 0.6 is 27.5 Å². The van der Waals surface area contributed by atoms with Crippen LogP contribution in [0.15, 0.2) is 27.8 Å². The number of nitrogens with one attached hydrogen (secondary N) is 1. The van der Waals surface area contributed by atoms with Gasteiger partial charge in [0.25, 0.3) is 0 Å². The molecule has 1 rings (SSSR count). The maximum absolute atomic E-state index is 12.3. The number of amides is 1. The highest BCUT2D eigenvalue weighted by Gasteiger charge is 2.36. The Hall–Kier alpha value is -1.27. The summed E-state index contributed by atoms with van der Waals surface area (Å²) in [5.41, 5.74) is 5.03. The van der Waals surface area contributed by atoms with Crippen molar-refractivity contribution in [2.75, 3.05) is 5.32 Å². The predicted molar refractivity (Wildman–Crippen MR) is 79.6 cm³/mol. The van der Waals surface area contributed by atoms with E-state index in [1.54, 1.807) is 32.0 Å². The van der Waals surface area contributed by atoms with Gasteiger partial charge in [0.1, 0.15) is 5.41 Å². The molecule has 0 radical (unpaired) electrons. The minimum absolute atomic E-state index is 0.134. The van der Waals surface area contributed by atoms with Gasteiger partial charge in [0, 0.05) is 9.50 Å². The SMILES string of the molecule is CCC(C)(C(=O)Nc1cc(Cl)ccc1Br)/C(N)=N/O. The van der Waals surface area contributed by atoms with Crippen molar-refractivity contribution < 1.29 is 10.0 Å². The molecule has 4 N–H and O–H groups in total. The first-order chi connectivity index (χ1) is 8.85. The van der Waals surface area contributed by atoms with Gasteiger partial charge in [-0.25, -0.2) is 0 Å². The van der Waals surface area contributed by atoms with E-state index < -0.39 is 5.41 Å². The fraction of sp³-hybridized carbons (Fsp3) is 0.333. The van der Waals surface area contributed by atoms with Crippen LogP contribution in [0.1, 0.15) is 20.3 Å². The summed E-state index contributed by atoms with van der Waals surface area (Å²) in [6, 6.07) is 5.04. The molecule has 0 aliphatic carbocycles. The molecule has 1 atom stereocenters. The third kappa shape index (κ3) is 3.39. The quantitative estimate of drug-likeness (QED) is 0.338. The second kappa shape index (κ2) is 6.25. The van der Waals surface area contributed by atoms with E-state index in [9.17, 15) is 4.79 Å². The lowest BCUT2D eigenvalue weighted by Gasteiger charge is -2.25. The lowest BCUT2D eigenvalue weighted by molar-refractivity contribution is -0.121. The minimum atomic E-state index is -1.09. The number of hydrogen-bond acceptors (Lipinski definition) is 3. The Kier molecular flexibility index (Phi) is 5.20. The smallest absolute Gasteiger partial charge is 0.238 e. The molecular formula is C12H15BrClN3O2. The van der Waals surface area contributed by atoms with Gasteiger partial charge in [0.15, 0.2) is 5.84 Å². The maximum atomic E-state index is 12.3. The third-order valence-electron chi connectivity index (χ3n) is 3.06. The molecule has 7 heteroatoms. The van der Waals surface area contributed by atoms with E-state index in [4.69, 9.17) is 22.5 Å². The first-order valence-corrected chi connectivity index (χ1v) is 6.76. The molecule has 0 aliphatic heterocycles. The zero-order valence-corrected chi connectivity index (χ0v) is 12.9. The van der Waals surface area contributed by atoms with Crippen molar-refractivity contribution in [1.82, 2.24) is 0 Å². The topological polar surface area (TPSA) is 87.7 Å². The van der Waals surface area contributed by atoms with Crippen LogP contribution in [0.4, 0.5) is 5.69 Å². The molecule has 0 bridgehead atoms. The Morgan fingerprint density at radius 3 is 2.79 bits per heavy atom. The summed E-state index contributed by atoms with van der Waals surface area (Å²) in [6.45, 7) is 3.39. The van der Waals surface area contributed by atoms with Crippen molar-refractivity contribution in [3.05, 3.63) is 27.7 Å². The Labute approximate surface area is 124 Å². The zero-order valence-electron chi connectivity index (χ0n) is 10.6. The fourth-order valence-electron chi connectivity index (χ4n) is 1.42. The summed E-state index contributed by atoms with van der Waals surface area (Å²) in [4.78, 5) is 12.3. The van der Waals surface area contributed by atoms with Crippen LogP contribution in [0.2, 0.25) is 5.02 Å². The van der Waals surface area contributed by atoms with Gasteiger partial charge in [-0.3, -0.25) is 4.79 Å². The van der Waals surface area contributed by atoms with Crippen molar-refractivity contribution in [3.63, 3.8) is 0 Å². The molecule has 0 saturated heterocycles. The molecule has 0 fully saturated rings. The summed E-state index contributed by atoms with van der Waals surface area (Å²) < 4.78 is 0.697. The number of oxime groups is 1. The Bertz CT molecular complexity index is 522. The van der Waals surface area contributed by atoms with Crippen molar-refractivity contribution in [2.45, 2.75) is 20.3 Å². The van der Waals surface area contributed by atoms with Crippen LogP contribution in [-0.4, -0.2) is 17.0 Å². The standard InChI is InChI=1S/C12H15BrClN3O2/c1-3-12(2,10(15)17-19)11(18)16-9-6-7(14)4-5-8(9)13/h4-6,19H,3H2,1-2H3,(H2,15,17)(H,16,18). The lowest BCUT2D eigenvalue weighted by atomic mass is 9.85. The number of carbonyl (C=O) groups is 1. The van der Waals surface area contributed by atoms with Gasteiger partial charge in [-0.1, -0.05) is 23.7 Å². The largest absolute Gasteiger partial charge is 0.409 e. The average Bonchev–Trinajstić information content (AvgIpc) is 2.40. The van der Waals surface area contributed by atoms with E-state index >= 15 is 0 Å². The molecule has 1 aromatic carbocycles. The molecule has 1 amide bonds. The van der Waals surface area contributed by atoms with Gasteiger partial charge < -0.3 is 16.3 Å². The van der Waals surface area contributed by atoms with Gasteiger partial charge in [-0.15, -0.1) is 0 Å². The van der Waals surface area contributed by atoms with Gasteiger partial charge >= 0.3 is 0 Å². The Morgan fingerprint density at radius 1 is 1.63 bits per heavy atom. The first-order valence-electron chi connectivity index (χ1n) is 5.59. The number of anilines is 1. The number of amidine groups is 1. The molecule has 0 heterocycles. The van der Waals surface area contributed by atoms with E-state index in [1.807, 2.05) is 0 Å². The van der Waals surface area contributed by atoms with E-state index in [-0.39, 0.29) is 11.7 Å². The summed E-state index contributed by atoms with van der Waals surface area (Å²) in [7, 11) is 0. The molecule has 5 nitrogen and oxygen atoms in total. The number of nitrogens with zero attached hydrogens (tertiary/aromatic N) is 1. The van der Waals surface area contributed by atoms with E-state index in [2.05, 4.69) is 26.4 Å². The molecule has 1 unspecified atom stereocenters. The number of nitrogens with two attached hydrogens (primary N) is 1. The Morgan fingerprint density at radius 2 is 2.26 bits per heavy atom. The highest BCUT2D eigenvalue weighted by atomic mass is 79.9. The van der Waals surface area contributed by atoms with E-state index in [1.165, 1.54) is 0 Å². The van der Waals surface area contributed by atoms with Crippen molar-refractivity contribution in [2.24, 2.45) is 16.3 Å². The van der Waals surface area contributed by atoms with Gasteiger partial charge in [-0.2, -0.15) is 0 Å². The van der Waals surface area contributed by atoms with Gasteiger partial charge in [0.2, 0.25) is 5.91 Å². The molecule has 1 aromatic rings. The first kappa shape index (κ1) is 15.8. The molecular weight excluding hydrogens is 334 g/mol. The fourth-order valence-corrected chi connectivity index (χ4v) is 1.94. The number of hydrogen-bond donors (Lipinski definition) is 3. The van der Waals surface area contributed by atoms with Crippen molar-refractivity contribution >= 4 is 45.0 Å². The Balaban J connectivity index is 3.04. The van der Waals surface area contributed by atoms with Crippen LogP contribution in [-0.2, 0) is 4.79 Å². The molecule has 0 saturated carbocycles. The summed E-state index contributed by atoms with van der Waals surface area (Å²) in [5.74, 6) is -0.501. The zero-order chi connectivity index (χ0) is 14.6. The van der Waals surface area contributed by atoms with Crippen LogP contribution in [0.25, 0.3) is 0 Å². The third-order valence-corrected chi connectivity index (χ3v) is 3.98. The van der Waals surface area contributed by atoms with Crippen LogP contribution in [0, 0.1) is 5.41 Å². The molecule has 104 valence electrons. The summed E-state index contributed by atoms with van der Waals surface area (Å²) >= 11 is 9.20. The normalized spacial score (nSPS) is 14.8. The second-order valence-corrected chi connectivity index (χ2v) is 5.54. The summed E-state index contributed by atoms with van der Waals surface area (Å²) in [5, 5.41) is 14.9. The van der Waals surface area contributed by atoms with Gasteiger partial charge in [-0.05, 0) is 47.5 Å². The monoisotopic (exact) mass is 347 g/mol. The predicted octanol–water partition coefficient (Wildman–Crippen LogP) is 3.20. The van der Waals surface area contributed by atoms with Crippen molar-refractivity contribution in [1.29, 1.82) is 0 Å². The van der Waals surface area contributed by atoms with Crippen molar-refractivity contribution in [3.8, 4) is 0 Å². The number of carbonyl (C=O) groups excluding carboxylic acids is 1. The summed E-state index contributed by atoms with van der Waals surface area (Å²) in [6.07, 6.45) is 0.396. The van der Waals surface area contributed by atoms with E-state index in [0.717, 1.165) is 0 Å². The average molecular weight is 349 g/mol. The van der Waals surface area contributed by atoms with Crippen LogP contribution in [0.3, 0.4) is 0 Å². The van der Waals surface area contributed by atoms with Crippen LogP contribution in [0.5, 0.6) is 0 Å². The highest BCUT2D eigenvalue weighted by molar-refractivity contribution is 9.10. The number of rotatable bonds is 4. The lowest BCUT2D eigenvalue weighted by Crippen LogP contribution is -2.44. The number of halogens is 2. The second-order valence-electron chi connectivity index (χ2n) is 4.25. The number of benzene rings is 1. The minimum Gasteiger partial charge on any atom is -0.409 e. The van der Waals surface area contributed by atoms with Crippen LogP contribution < -0.4 is 11.1 Å².